The summed E-state index contributed by atoms with van der Waals surface area (Å²) < 4.78 is 0. The molecule has 9 N–H and O–H groups in total. The molecule has 2 heterocycles. The maximum atomic E-state index is 14.5. The molecule has 69 heavy (non-hydrogen) atoms. The van der Waals surface area contributed by atoms with Crippen molar-refractivity contribution in [1.82, 2.24) is 47.0 Å². The van der Waals surface area contributed by atoms with Gasteiger partial charge in [0, 0.05) is 32.0 Å². The number of nitrogens with one attached hydrogen (secondary N) is 7. The van der Waals surface area contributed by atoms with E-state index >= 15 is 0 Å². The van der Waals surface area contributed by atoms with Gasteiger partial charge in [-0.05, 0) is 82.5 Å². The van der Waals surface area contributed by atoms with Gasteiger partial charge in [-0.25, -0.2) is 0 Å². The largest absolute Gasteiger partial charge is 0.350 e. The molecule has 0 radical (unpaired) electrons. The minimum absolute atomic E-state index is 0.0470. The van der Waals surface area contributed by atoms with Crippen molar-refractivity contribution in [1.29, 1.82) is 0 Å². The SMILES string of the molecule is CN[C@@H](C)C(=O)N[C@H](C(=O)N1C[C@@H](CC(=O)C[C@H](N)C(=O)N[C@H]2C[C@@H](C(=O)N[C@H](C)c3ccccc3)N(C(=O)[C@@H](NC(=O)[C@H](C)NC)C(C)(C)C)C2)C[C@H]1C(=O)N[C@H](C)c1ccccc1)C(C)(C)C. The van der Waals surface area contributed by atoms with E-state index in [1.54, 1.807) is 27.9 Å². The van der Waals surface area contributed by atoms with Gasteiger partial charge in [0.15, 0.2) is 0 Å². The first-order chi connectivity index (χ1) is 32.3. The third-order valence-corrected chi connectivity index (χ3v) is 13.3. The number of likely N-dealkylation sites (N-methyl/N-ethyl adjacent to an activating group) is 2. The van der Waals surface area contributed by atoms with Crippen LogP contribution < -0.4 is 43.0 Å². The molecular weight excluding hydrogens is 881 g/mol. The standard InChI is InChI=1S/C51H78N10O8/c1-29(34-19-15-13-16-20-34)55-46(66)39-24-33(27-60(39)48(68)41(50(5,6)7)58-43(63)31(3)53-11)23-37(62)26-38(52)45(65)57-36-25-40(47(67)56-30(2)35-21-17-14-18-22-35)61(28-36)49(69)42(51(8,9)10)59-44(64)32(4)54-12/h13-22,29-33,36,38-42,53-54H,23-28,52H2,1-12H3,(H,55,66)(H,56,67)(H,57,65)(H,58,63)(H,59,64)/t29-,30-,31+,32+,33+,36+,38+,39+,40+,41-,42-/m1/s1. The summed E-state index contributed by atoms with van der Waals surface area (Å²) in [6.45, 7) is 17.9. The number of likely N-dealkylation sites (tertiary alicyclic amines) is 2. The lowest BCUT2D eigenvalue weighted by Crippen LogP contribution is -2.59. The van der Waals surface area contributed by atoms with Crippen molar-refractivity contribution in [3.63, 3.8) is 0 Å². The zero-order valence-electron chi connectivity index (χ0n) is 42.6. The summed E-state index contributed by atoms with van der Waals surface area (Å²) >= 11 is 0. The van der Waals surface area contributed by atoms with E-state index < -0.39 is 107 Å². The van der Waals surface area contributed by atoms with Gasteiger partial charge in [0.1, 0.15) is 30.0 Å². The van der Waals surface area contributed by atoms with Crippen molar-refractivity contribution in [2.75, 3.05) is 27.2 Å². The molecule has 0 bridgehead atoms. The van der Waals surface area contributed by atoms with Gasteiger partial charge in [0.25, 0.3) is 0 Å². The van der Waals surface area contributed by atoms with Crippen LogP contribution in [0, 0.1) is 16.7 Å². The minimum Gasteiger partial charge on any atom is -0.350 e. The van der Waals surface area contributed by atoms with Crippen molar-refractivity contribution in [3.8, 4) is 0 Å². The Balaban J connectivity index is 1.50. The number of amides is 7. The molecule has 2 saturated heterocycles. The first-order valence-electron chi connectivity index (χ1n) is 24.1. The first kappa shape index (κ1) is 55.9. The number of ketones is 1. The Hall–Kier alpha value is -5.72. The van der Waals surface area contributed by atoms with Crippen molar-refractivity contribution >= 4 is 47.1 Å². The van der Waals surface area contributed by atoms with Crippen LogP contribution in [0.3, 0.4) is 0 Å². The number of carbonyl (C=O) groups excluding carboxylic acids is 8. The maximum absolute atomic E-state index is 14.5. The van der Waals surface area contributed by atoms with Crippen LogP contribution in [0.1, 0.15) is 118 Å². The van der Waals surface area contributed by atoms with E-state index in [1.807, 2.05) is 116 Å². The van der Waals surface area contributed by atoms with Crippen LogP contribution in [-0.4, -0.2) is 132 Å². The molecule has 2 fully saturated rings. The highest BCUT2D eigenvalue weighted by Crippen LogP contribution is 2.32. The summed E-state index contributed by atoms with van der Waals surface area (Å²) in [5, 5.41) is 20.4. The van der Waals surface area contributed by atoms with E-state index in [2.05, 4.69) is 37.2 Å². The van der Waals surface area contributed by atoms with E-state index in [4.69, 9.17) is 5.73 Å². The molecule has 380 valence electrons. The molecule has 0 spiro atoms. The van der Waals surface area contributed by atoms with E-state index in [0.717, 1.165) is 11.1 Å². The third kappa shape index (κ3) is 15.1. The van der Waals surface area contributed by atoms with E-state index in [9.17, 15) is 38.4 Å². The quantitative estimate of drug-likeness (QED) is 0.0953. The number of Topliss-reactive ketones (excluding diaryl/α,β-unsaturated/α-hetero) is 1. The summed E-state index contributed by atoms with van der Waals surface area (Å²) in [5.41, 5.74) is 6.63. The molecule has 18 heteroatoms. The number of nitrogens with zero attached hydrogens (tertiary/aromatic N) is 2. The molecule has 2 aliphatic heterocycles. The molecule has 0 unspecified atom stereocenters. The predicted molar refractivity (Wildman–Crippen MR) is 264 cm³/mol. The zero-order chi connectivity index (χ0) is 51.5. The summed E-state index contributed by atoms with van der Waals surface area (Å²) in [6, 6.07) is 10.8. The number of hydrogen-bond acceptors (Lipinski definition) is 11. The minimum atomic E-state index is -1.29. The van der Waals surface area contributed by atoms with E-state index in [0.29, 0.717) is 0 Å². The fraction of sp³-hybridized carbons (Fsp3) is 0.608. The van der Waals surface area contributed by atoms with Gasteiger partial charge in [-0.1, -0.05) is 102 Å². The summed E-state index contributed by atoms with van der Waals surface area (Å²) in [4.78, 5) is 114. The van der Waals surface area contributed by atoms with Crippen LogP contribution in [-0.2, 0) is 38.4 Å². The second-order valence-corrected chi connectivity index (χ2v) is 21.0. The monoisotopic (exact) mass is 959 g/mol. The third-order valence-electron chi connectivity index (χ3n) is 13.3. The average Bonchev–Trinajstić information content (AvgIpc) is 3.93. The normalized spacial score (nSPS) is 21.4. The Morgan fingerprint density at radius 3 is 1.41 bits per heavy atom. The first-order valence-corrected chi connectivity index (χ1v) is 24.1. The Kier molecular flexibility index (Phi) is 19.6. The zero-order valence-corrected chi connectivity index (χ0v) is 42.6. The van der Waals surface area contributed by atoms with Gasteiger partial charge in [-0.2, -0.15) is 0 Å². The van der Waals surface area contributed by atoms with Crippen molar-refractivity contribution in [3.05, 3.63) is 71.8 Å². The lowest BCUT2D eigenvalue weighted by atomic mass is 9.85. The lowest BCUT2D eigenvalue weighted by Gasteiger charge is -2.36. The number of benzene rings is 2. The van der Waals surface area contributed by atoms with Crippen LogP contribution in [0.15, 0.2) is 60.7 Å². The average molecular weight is 959 g/mol. The Bertz CT molecular complexity index is 2130. The predicted octanol–water partition coefficient (Wildman–Crippen LogP) is 2.00. The van der Waals surface area contributed by atoms with Crippen molar-refractivity contribution in [2.24, 2.45) is 22.5 Å². The molecule has 7 amide bonds. The molecule has 0 saturated carbocycles. The summed E-state index contributed by atoms with van der Waals surface area (Å²) in [5.74, 6) is -4.03. The van der Waals surface area contributed by atoms with Gasteiger partial charge in [-0.15, -0.1) is 0 Å². The van der Waals surface area contributed by atoms with Crippen LogP contribution in [0.25, 0.3) is 0 Å². The molecule has 11 atom stereocenters. The molecule has 2 aromatic rings. The number of hydrogen-bond donors (Lipinski definition) is 8. The van der Waals surface area contributed by atoms with Crippen LogP contribution in [0.2, 0.25) is 0 Å². The van der Waals surface area contributed by atoms with E-state index in [1.165, 1.54) is 9.80 Å². The highest BCUT2D eigenvalue weighted by atomic mass is 16.2. The number of rotatable bonds is 20. The van der Waals surface area contributed by atoms with Gasteiger partial charge in [-0.3, -0.25) is 38.4 Å². The molecule has 2 aliphatic rings. The molecule has 2 aromatic carbocycles. The maximum Gasteiger partial charge on any atom is 0.246 e. The van der Waals surface area contributed by atoms with Gasteiger partial charge >= 0.3 is 0 Å². The summed E-state index contributed by atoms with van der Waals surface area (Å²) in [6.07, 6.45) is -0.223. The van der Waals surface area contributed by atoms with Crippen LogP contribution in [0.5, 0.6) is 0 Å². The smallest absolute Gasteiger partial charge is 0.246 e. The fourth-order valence-electron chi connectivity index (χ4n) is 8.74. The Morgan fingerprint density at radius 1 is 0.594 bits per heavy atom. The second kappa shape index (κ2) is 24.2. The molecule has 18 nitrogen and oxygen atoms in total. The Labute approximate surface area is 408 Å². The fourth-order valence-corrected chi connectivity index (χ4v) is 8.74. The van der Waals surface area contributed by atoms with Crippen molar-refractivity contribution in [2.45, 2.75) is 155 Å². The summed E-state index contributed by atoms with van der Waals surface area (Å²) in [7, 11) is 3.27. The van der Waals surface area contributed by atoms with Crippen LogP contribution >= 0.6 is 0 Å². The molecule has 4 rings (SSSR count). The lowest BCUT2D eigenvalue weighted by molar-refractivity contribution is -0.144. The van der Waals surface area contributed by atoms with E-state index in [-0.39, 0.29) is 56.5 Å². The van der Waals surface area contributed by atoms with Crippen molar-refractivity contribution < 1.29 is 38.4 Å². The Morgan fingerprint density at radius 2 is 1.00 bits per heavy atom. The van der Waals surface area contributed by atoms with Crippen LogP contribution in [0.4, 0.5) is 0 Å². The molecule has 0 aromatic heterocycles. The number of nitrogens with two attached hydrogens (primary N) is 1. The highest BCUT2D eigenvalue weighted by molar-refractivity contribution is 5.96. The van der Waals surface area contributed by atoms with Gasteiger partial charge in [0.05, 0.1) is 30.2 Å². The van der Waals surface area contributed by atoms with Gasteiger partial charge in [0.2, 0.25) is 41.4 Å². The number of carbonyl (C=O) groups is 8. The second-order valence-electron chi connectivity index (χ2n) is 21.0. The van der Waals surface area contributed by atoms with Gasteiger partial charge < -0.3 is 52.8 Å². The molecular formula is C51H78N10O8. The molecule has 0 aliphatic carbocycles. The highest BCUT2D eigenvalue weighted by Gasteiger charge is 2.48. The topological polar surface area (TPSA) is 253 Å².